The molecule has 1 aromatic heterocycles. The number of nitrogens with one attached hydrogen (secondary N) is 3. The molecule has 2 atom stereocenters. The molecule has 1 saturated carbocycles. The lowest BCUT2D eigenvalue weighted by Gasteiger charge is -2.17. The van der Waals surface area contributed by atoms with Crippen LogP contribution in [-0.2, 0) is 6.18 Å². The van der Waals surface area contributed by atoms with Crippen LogP contribution in [0, 0.1) is 0 Å². The van der Waals surface area contributed by atoms with E-state index in [1.807, 2.05) is 18.7 Å². The molecule has 0 bridgehead atoms. The minimum Gasteiger partial charge on any atom is -0.357 e. The third-order valence-corrected chi connectivity index (χ3v) is 5.32. The van der Waals surface area contributed by atoms with Gasteiger partial charge in [-0.15, -0.1) is 24.0 Å². The Morgan fingerprint density at radius 1 is 1.32 bits per heavy atom. The average Bonchev–Trinajstić information content (AvgIpc) is 3.06. The van der Waals surface area contributed by atoms with Crippen molar-refractivity contribution in [1.82, 2.24) is 20.6 Å². The van der Waals surface area contributed by atoms with Crippen molar-refractivity contribution in [3.8, 4) is 0 Å². The van der Waals surface area contributed by atoms with Gasteiger partial charge in [0.05, 0.1) is 6.54 Å². The smallest absolute Gasteiger partial charge is 0.357 e. The normalized spacial score (nSPS) is 19.8. The maximum Gasteiger partial charge on any atom is 0.433 e. The van der Waals surface area contributed by atoms with Gasteiger partial charge < -0.3 is 16.0 Å². The predicted octanol–water partition coefficient (Wildman–Crippen LogP) is 3.75. The van der Waals surface area contributed by atoms with Gasteiger partial charge in [0.15, 0.2) is 5.96 Å². The lowest BCUT2D eigenvalue weighted by Crippen LogP contribution is -2.42. The Hall–Kier alpha value is -0.980. The van der Waals surface area contributed by atoms with Gasteiger partial charge in [0.25, 0.3) is 0 Å². The monoisotopic (exact) mass is 532 g/mol. The molecule has 0 radical (unpaired) electrons. The molecule has 11 heteroatoms. The molecule has 2 rings (SSSR count). The Morgan fingerprint density at radius 3 is 2.79 bits per heavy atom. The summed E-state index contributed by atoms with van der Waals surface area (Å²) in [5.74, 6) is 1.82. The summed E-state index contributed by atoms with van der Waals surface area (Å²) in [6, 6.07) is 1.26. The van der Waals surface area contributed by atoms with Gasteiger partial charge >= 0.3 is 6.18 Å². The van der Waals surface area contributed by atoms with E-state index in [0.29, 0.717) is 24.4 Å². The number of alkyl halides is 3. The van der Waals surface area contributed by atoms with Gasteiger partial charge in [-0.1, -0.05) is 6.92 Å². The fourth-order valence-electron chi connectivity index (χ4n) is 2.91. The van der Waals surface area contributed by atoms with E-state index in [9.17, 15) is 13.2 Å². The van der Waals surface area contributed by atoms with Gasteiger partial charge in [0.1, 0.15) is 5.69 Å². The zero-order valence-corrected chi connectivity index (χ0v) is 19.2. The summed E-state index contributed by atoms with van der Waals surface area (Å²) in [4.78, 5) is 11.8. The van der Waals surface area contributed by atoms with Crippen molar-refractivity contribution in [2.75, 3.05) is 30.7 Å². The van der Waals surface area contributed by atoms with Crippen molar-refractivity contribution in [2.45, 2.75) is 50.6 Å². The maximum atomic E-state index is 12.7. The number of nitrogens with zero attached hydrogens (tertiary/aromatic N) is 3. The minimum absolute atomic E-state index is 0. The van der Waals surface area contributed by atoms with Crippen LogP contribution in [0.15, 0.2) is 17.3 Å². The third kappa shape index (κ3) is 8.58. The van der Waals surface area contributed by atoms with Gasteiger partial charge in [-0.05, 0) is 38.0 Å². The van der Waals surface area contributed by atoms with Crippen LogP contribution < -0.4 is 16.0 Å². The molecule has 6 nitrogen and oxygen atoms in total. The lowest BCUT2D eigenvalue weighted by molar-refractivity contribution is -0.141. The van der Waals surface area contributed by atoms with E-state index in [2.05, 4.69) is 37.8 Å². The number of halogens is 4. The summed E-state index contributed by atoms with van der Waals surface area (Å²) in [5, 5.41) is 10.1. The zero-order chi connectivity index (χ0) is 19.7. The molecule has 0 aromatic carbocycles. The van der Waals surface area contributed by atoms with E-state index in [-0.39, 0.29) is 29.9 Å². The number of aliphatic imine (C=N–C) groups is 1. The molecule has 3 N–H and O–H groups in total. The Kier molecular flexibility index (Phi) is 11.2. The summed E-state index contributed by atoms with van der Waals surface area (Å²) in [6.45, 7) is 5.66. The van der Waals surface area contributed by atoms with Crippen LogP contribution in [0.4, 0.5) is 19.1 Å². The van der Waals surface area contributed by atoms with E-state index < -0.39 is 11.9 Å². The second-order valence-electron chi connectivity index (χ2n) is 6.18. The standard InChI is InChI=1S/C17H27F3N6S.HI/c1-3-21-15(25-12-5-6-13(11-12)27-4-2)23-9-10-24-16-22-8-7-14(26-16)17(18,19)20;/h7-8,12-13H,3-6,9-11H2,1-2H3,(H2,21,23,25)(H,22,24,26);1H. The molecular formula is C17H28F3IN6S. The number of hydrogen-bond donors (Lipinski definition) is 3. The number of aromatic nitrogens is 2. The van der Waals surface area contributed by atoms with E-state index >= 15 is 0 Å². The summed E-state index contributed by atoms with van der Waals surface area (Å²) in [5.41, 5.74) is -0.959. The highest BCUT2D eigenvalue weighted by Gasteiger charge is 2.32. The number of rotatable bonds is 8. The summed E-state index contributed by atoms with van der Waals surface area (Å²) in [6.07, 6.45) is 0.0778. The zero-order valence-electron chi connectivity index (χ0n) is 16.1. The molecule has 2 unspecified atom stereocenters. The molecule has 1 aromatic rings. The van der Waals surface area contributed by atoms with Crippen molar-refractivity contribution in [2.24, 2.45) is 4.99 Å². The van der Waals surface area contributed by atoms with E-state index in [1.165, 1.54) is 6.42 Å². The van der Waals surface area contributed by atoms with Crippen LogP contribution in [0.3, 0.4) is 0 Å². The van der Waals surface area contributed by atoms with Gasteiger partial charge in [0, 0.05) is 30.6 Å². The van der Waals surface area contributed by atoms with Crippen LogP contribution >= 0.6 is 35.7 Å². The average molecular weight is 532 g/mol. The molecule has 1 aliphatic carbocycles. The fraction of sp³-hybridized carbons (Fsp3) is 0.706. The quantitative estimate of drug-likeness (QED) is 0.205. The first-order chi connectivity index (χ1) is 12.9. The van der Waals surface area contributed by atoms with Crippen LogP contribution in [-0.4, -0.2) is 52.6 Å². The van der Waals surface area contributed by atoms with E-state index in [0.717, 1.165) is 43.4 Å². The first-order valence-corrected chi connectivity index (χ1v) is 10.3. The number of anilines is 1. The Labute approximate surface area is 185 Å². The molecule has 1 aliphatic rings. The summed E-state index contributed by atoms with van der Waals surface area (Å²) in [7, 11) is 0. The van der Waals surface area contributed by atoms with E-state index in [1.54, 1.807) is 0 Å². The van der Waals surface area contributed by atoms with Crippen molar-refractivity contribution >= 4 is 47.6 Å². The van der Waals surface area contributed by atoms with Gasteiger partial charge in [0.2, 0.25) is 5.95 Å². The molecule has 28 heavy (non-hydrogen) atoms. The molecular weight excluding hydrogens is 504 g/mol. The van der Waals surface area contributed by atoms with Crippen molar-refractivity contribution in [3.05, 3.63) is 18.0 Å². The highest BCUT2D eigenvalue weighted by atomic mass is 127. The third-order valence-electron chi connectivity index (χ3n) is 4.08. The second kappa shape index (κ2) is 12.6. The van der Waals surface area contributed by atoms with Crippen molar-refractivity contribution in [3.63, 3.8) is 0 Å². The highest BCUT2D eigenvalue weighted by Crippen LogP contribution is 2.29. The van der Waals surface area contributed by atoms with Gasteiger partial charge in [-0.2, -0.15) is 24.9 Å². The van der Waals surface area contributed by atoms with Crippen LogP contribution in [0.2, 0.25) is 0 Å². The second-order valence-corrected chi connectivity index (χ2v) is 7.76. The Balaban J connectivity index is 0.00000392. The Bertz CT molecular complexity index is 617. The first-order valence-electron chi connectivity index (χ1n) is 9.23. The van der Waals surface area contributed by atoms with Crippen molar-refractivity contribution in [1.29, 1.82) is 0 Å². The number of thioether (sulfide) groups is 1. The molecule has 0 aliphatic heterocycles. The first kappa shape index (κ1) is 25.1. The highest BCUT2D eigenvalue weighted by molar-refractivity contribution is 14.0. The molecule has 1 fully saturated rings. The molecule has 160 valence electrons. The molecule has 0 spiro atoms. The Morgan fingerprint density at radius 2 is 2.11 bits per heavy atom. The summed E-state index contributed by atoms with van der Waals surface area (Å²) >= 11 is 2.00. The fourth-order valence-corrected chi connectivity index (χ4v) is 4.05. The predicted molar refractivity (Wildman–Crippen MR) is 120 cm³/mol. The SMILES string of the molecule is CCNC(=NCCNc1nccc(C(F)(F)F)n1)NC1CCC(SCC)C1.I. The molecule has 1 heterocycles. The number of guanidine groups is 1. The van der Waals surface area contributed by atoms with Crippen LogP contribution in [0.25, 0.3) is 0 Å². The van der Waals surface area contributed by atoms with Crippen molar-refractivity contribution < 1.29 is 13.2 Å². The largest absolute Gasteiger partial charge is 0.433 e. The maximum absolute atomic E-state index is 12.7. The molecule has 0 amide bonds. The molecule has 0 saturated heterocycles. The van der Waals surface area contributed by atoms with Crippen LogP contribution in [0.5, 0.6) is 0 Å². The van der Waals surface area contributed by atoms with E-state index in [4.69, 9.17) is 0 Å². The summed E-state index contributed by atoms with van der Waals surface area (Å²) < 4.78 is 38.0. The lowest BCUT2D eigenvalue weighted by atomic mass is 10.2. The topological polar surface area (TPSA) is 74.2 Å². The minimum atomic E-state index is -4.48. The van der Waals surface area contributed by atoms with Gasteiger partial charge in [-0.3, -0.25) is 4.99 Å². The van der Waals surface area contributed by atoms with Crippen LogP contribution in [0.1, 0.15) is 38.8 Å². The number of hydrogen-bond acceptors (Lipinski definition) is 5. The van der Waals surface area contributed by atoms with Gasteiger partial charge in [-0.25, -0.2) is 9.97 Å².